The summed E-state index contributed by atoms with van der Waals surface area (Å²) >= 11 is 2.27. The topological polar surface area (TPSA) is 67.0 Å². The Balaban J connectivity index is 2.06. The predicted molar refractivity (Wildman–Crippen MR) is 118 cm³/mol. The second kappa shape index (κ2) is 8.12. The maximum Gasteiger partial charge on any atom is 0.247 e. The van der Waals surface area contributed by atoms with Crippen LogP contribution in [0.5, 0.6) is 5.75 Å². The highest BCUT2D eigenvalue weighted by Gasteiger charge is 2.15. The minimum absolute atomic E-state index is 0.227. The van der Waals surface area contributed by atoms with Gasteiger partial charge >= 0.3 is 0 Å². The molecular formula is C21H22IN3O2. The number of aromatic nitrogens is 2. The van der Waals surface area contributed by atoms with Crippen LogP contribution in [-0.2, 0) is 4.79 Å². The number of anilines is 1. The summed E-state index contributed by atoms with van der Waals surface area (Å²) in [5.41, 5.74) is 4.61. The molecule has 0 bridgehead atoms. The number of H-pyrrole nitrogens is 1. The zero-order chi connectivity index (χ0) is 19.6. The highest BCUT2D eigenvalue weighted by Crippen LogP contribution is 2.36. The molecule has 0 aliphatic rings. The number of fused-ring (bicyclic) bond motifs is 1. The largest absolute Gasteiger partial charge is 0.492 e. The number of benzene rings is 1. The number of carbonyl (C=O) groups is 1. The molecule has 140 valence electrons. The first-order chi connectivity index (χ1) is 12.9. The van der Waals surface area contributed by atoms with Gasteiger partial charge in [0, 0.05) is 16.6 Å². The third kappa shape index (κ3) is 4.32. The number of hydrogen-bond donors (Lipinski definition) is 2. The summed E-state index contributed by atoms with van der Waals surface area (Å²) in [6, 6.07) is 8.03. The van der Waals surface area contributed by atoms with Gasteiger partial charge in [0.05, 0.1) is 16.5 Å². The lowest BCUT2D eigenvalue weighted by Crippen LogP contribution is -2.08. The smallest absolute Gasteiger partial charge is 0.247 e. The summed E-state index contributed by atoms with van der Waals surface area (Å²) in [5.74, 6) is 0.967. The van der Waals surface area contributed by atoms with Crippen LogP contribution in [0.1, 0.15) is 19.4 Å². The Morgan fingerprint density at radius 1 is 1.41 bits per heavy atom. The van der Waals surface area contributed by atoms with Gasteiger partial charge in [0.1, 0.15) is 11.4 Å². The van der Waals surface area contributed by atoms with Crippen molar-refractivity contribution in [3.63, 3.8) is 0 Å². The van der Waals surface area contributed by atoms with Gasteiger partial charge in [0.25, 0.3) is 0 Å². The van der Waals surface area contributed by atoms with E-state index >= 15 is 0 Å². The first kappa shape index (κ1) is 19.4. The van der Waals surface area contributed by atoms with E-state index in [9.17, 15) is 4.79 Å². The summed E-state index contributed by atoms with van der Waals surface area (Å²) in [7, 11) is 0. The number of aromatic amines is 1. The lowest BCUT2D eigenvalue weighted by Gasteiger charge is -2.10. The van der Waals surface area contributed by atoms with Crippen molar-refractivity contribution < 1.29 is 9.53 Å². The standard InChI is InChI=1S/C21H22IN3O2/c1-5-18(26)24-17-8-14(7-6-13(17)4)19-16-9-15(27-11-12(2)3)10-23-21(16)25-20(19)22/h5-10,12H,1,11H2,2-4H3,(H,23,25)(H,24,26). The number of halogens is 1. The number of hydrogen-bond acceptors (Lipinski definition) is 3. The molecule has 0 saturated carbocycles. The minimum atomic E-state index is -0.227. The van der Waals surface area contributed by atoms with Gasteiger partial charge in [0.2, 0.25) is 5.91 Å². The fourth-order valence-electron chi connectivity index (χ4n) is 2.74. The van der Waals surface area contributed by atoms with Gasteiger partial charge in [-0.2, -0.15) is 0 Å². The third-order valence-corrected chi connectivity index (χ3v) is 4.94. The Morgan fingerprint density at radius 3 is 2.89 bits per heavy atom. The van der Waals surface area contributed by atoms with Crippen LogP contribution < -0.4 is 10.1 Å². The highest BCUT2D eigenvalue weighted by atomic mass is 127. The molecule has 2 aromatic heterocycles. The van der Waals surface area contributed by atoms with Gasteiger partial charge in [-0.25, -0.2) is 4.98 Å². The molecule has 0 saturated heterocycles. The lowest BCUT2D eigenvalue weighted by atomic mass is 10.0. The number of ether oxygens (including phenoxy) is 1. The van der Waals surface area contributed by atoms with E-state index in [1.807, 2.05) is 31.2 Å². The molecule has 1 aromatic carbocycles. The number of nitrogens with zero attached hydrogens (tertiary/aromatic N) is 1. The van der Waals surface area contributed by atoms with Crippen LogP contribution in [-0.4, -0.2) is 22.5 Å². The first-order valence-corrected chi connectivity index (χ1v) is 9.81. The molecule has 0 fully saturated rings. The van der Waals surface area contributed by atoms with Gasteiger partial charge in [-0.05, 0) is 64.8 Å². The van der Waals surface area contributed by atoms with Crippen LogP contribution in [0, 0.1) is 16.5 Å². The Kier molecular flexibility index (Phi) is 5.84. The second-order valence-corrected chi connectivity index (χ2v) is 7.89. The maximum absolute atomic E-state index is 11.7. The molecule has 0 unspecified atom stereocenters. The van der Waals surface area contributed by atoms with Gasteiger partial charge in [0.15, 0.2) is 0 Å². The van der Waals surface area contributed by atoms with Crippen LogP contribution in [0.3, 0.4) is 0 Å². The van der Waals surface area contributed by atoms with Crippen LogP contribution >= 0.6 is 22.6 Å². The quantitative estimate of drug-likeness (QED) is 0.376. The molecule has 1 amide bonds. The molecule has 3 aromatic rings. The van der Waals surface area contributed by atoms with Crippen molar-refractivity contribution in [2.75, 3.05) is 11.9 Å². The van der Waals surface area contributed by atoms with E-state index in [1.165, 1.54) is 6.08 Å². The zero-order valence-electron chi connectivity index (χ0n) is 15.6. The number of rotatable bonds is 6. The Bertz CT molecular complexity index is 1010. The number of amides is 1. The number of pyridine rings is 1. The van der Waals surface area contributed by atoms with Crippen molar-refractivity contribution in [3.8, 4) is 16.9 Å². The van der Waals surface area contributed by atoms with E-state index in [4.69, 9.17) is 4.74 Å². The predicted octanol–water partition coefficient (Wildman–Crippen LogP) is 5.30. The van der Waals surface area contributed by atoms with E-state index in [0.717, 1.165) is 42.9 Å². The van der Waals surface area contributed by atoms with Gasteiger partial charge < -0.3 is 15.0 Å². The highest BCUT2D eigenvalue weighted by molar-refractivity contribution is 14.1. The first-order valence-electron chi connectivity index (χ1n) is 8.73. The molecule has 2 N–H and O–H groups in total. The number of nitrogens with one attached hydrogen (secondary N) is 2. The monoisotopic (exact) mass is 475 g/mol. The zero-order valence-corrected chi connectivity index (χ0v) is 17.8. The van der Waals surface area contributed by atoms with Crippen molar-refractivity contribution in [2.45, 2.75) is 20.8 Å². The summed E-state index contributed by atoms with van der Waals surface area (Å²) in [6.45, 7) is 10.3. The SMILES string of the molecule is C=CC(=O)Nc1cc(-c2c(I)[nH]c3ncc(OCC(C)C)cc23)ccc1C. The Hall–Kier alpha value is -2.35. The maximum atomic E-state index is 11.7. The lowest BCUT2D eigenvalue weighted by molar-refractivity contribution is -0.111. The van der Waals surface area contributed by atoms with Crippen molar-refractivity contribution >= 4 is 45.2 Å². The minimum Gasteiger partial charge on any atom is -0.492 e. The summed E-state index contributed by atoms with van der Waals surface area (Å²) in [5, 5.41) is 3.86. The molecule has 3 rings (SSSR count). The van der Waals surface area contributed by atoms with Crippen LogP contribution in [0.15, 0.2) is 43.1 Å². The van der Waals surface area contributed by atoms with E-state index in [-0.39, 0.29) is 5.91 Å². The summed E-state index contributed by atoms with van der Waals surface area (Å²) in [4.78, 5) is 19.5. The van der Waals surface area contributed by atoms with E-state index in [1.54, 1.807) is 6.20 Å². The van der Waals surface area contributed by atoms with Crippen LogP contribution in [0.25, 0.3) is 22.2 Å². The van der Waals surface area contributed by atoms with Crippen molar-refractivity contribution in [3.05, 3.63) is 52.4 Å². The average Bonchev–Trinajstić information content (AvgIpc) is 2.96. The third-order valence-electron chi connectivity index (χ3n) is 4.13. The molecule has 27 heavy (non-hydrogen) atoms. The van der Waals surface area contributed by atoms with Gasteiger partial charge in [-0.3, -0.25) is 4.79 Å². The van der Waals surface area contributed by atoms with E-state index < -0.39 is 0 Å². The molecule has 0 atom stereocenters. The van der Waals surface area contributed by atoms with Crippen molar-refractivity contribution in [1.82, 2.24) is 9.97 Å². The summed E-state index contributed by atoms with van der Waals surface area (Å²) < 4.78 is 6.83. The average molecular weight is 475 g/mol. The van der Waals surface area contributed by atoms with Crippen molar-refractivity contribution in [1.29, 1.82) is 0 Å². The molecule has 0 aliphatic carbocycles. The molecular weight excluding hydrogens is 453 g/mol. The van der Waals surface area contributed by atoms with Gasteiger partial charge in [-0.15, -0.1) is 0 Å². The van der Waals surface area contributed by atoms with Crippen LogP contribution in [0.4, 0.5) is 5.69 Å². The van der Waals surface area contributed by atoms with Crippen molar-refractivity contribution in [2.24, 2.45) is 5.92 Å². The number of carbonyl (C=O) groups excluding carboxylic acids is 1. The summed E-state index contributed by atoms with van der Waals surface area (Å²) in [6.07, 6.45) is 3.01. The van der Waals surface area contributed by atoms with Gasteiger partial charge in [-0.1, -0.05) is 32.6 Å². The van der Waals surface area contributed by atoms with E-state index in [0.29, 0.717) is 12.5 Å². The molecule has 0 radical (unpaired) electrons. The normalized spacial score (nSPS) is 11.0. The van der Waals surface area contributed by atoms with E-state index in [2.05, 4.69) is 58.3 Å². The van der Waals surface area contributed by atoms with Crippen LogP contribution in [0.2, 0.25) is 0 Å². The molecule has 6 heteroatoms. The molecule has 2 heterocycles. The molecule has 0 aliphatic heterocycles. The number of aryl methyl sites for hydroxylation is 1. The fraction of sp³-hybridized carbons (Fsp3) is 0.238. The second-order valence-electron chi connectivity index (χ2n) is 6.81. The Morgan fingerprint density at radius 2 is 2.19 bits per heavy atom. The Labute approximate surface area is 172 Å². The molecule has 0 spiro atoms. The molecule has 5 nitrogen and oxygen atoms in total. The fourth-order valence-corrected chi connectivity index (χ4v) is 3.60.